The highest BCUT2D eigenvalue weighted by atomic mass is 32.2. The Morgan fingerprint density at radius 1 is 1.33 bits per heavy atom. The monoisotopic (exact) mass is 267 g/mol. The summed E-state index contributed by atoms with van der Waals surface area (Å²) in [6.45, 7) is 6.11. The predicted octanol–water partition coefficient (Wildman–Crippen LogP) is 3.88. The van der Waals surface area contributed by atoms with E-state index >= 15 is 0 Å². The van der Waals surface area contributed by atoms with Gasteiger partial charge in [0.2, 0.25) is 0 Å². The molecule has 0 aliphatic heterocycles. The summed E-state index contributed by atoms with van der Waals surface area (Å²) >= 11 is 1.87. The molecule has 0 bridgehead atoms. The number of thioether (sulfide) groups is 1. The molecule has 1 atom stereocenters. The molecule has 0 aliphatic carbocycles. The summed E-state index contributed by atoms with van der Waals surface area (Å²) in [7, 11) is 1.99. The van der Waals surface area contributed by atoms with E-state index in [1.165, 1.54) is 23.3 Å². The van der Waals surface area contributed by atoms with Crippen molar-refractivity contribution in [1.82, 2.24) is 5.32 Å². The highest BCUT2D eigenvalue weighted by Crippen LogP contribution is 2.22. The molecule has 0 aromatic heterocycles. The topological polar surface area (TPSA) is 21.3 Å². The second-order valence-electron chi connectivity index (χ2n) is 4.40. The molecule has 1 unspecified atom stereocenters. The summed E-state index contributed by atoms with van der Waals surface area (Å²) in [5, 5.41) is 3.26. The minimum atomic E-state index is 0.409. The first-order chi connectivity index (χ1) is 8.77. The molecule has 0 radical (unpaired) electrons. The van der Waals surface area contributed by atoms with Gasteiger partial charge in [0, 0.05) is 23.3 Å². The average Bonchev–Trinajstić information content (AvgIpc) is 2.42. The Morgan fingerprint density at radius 2 is 2.17 bits per heavy atom. The van der Waals surface area contributed by atoms with Gasteiger partial charge in [0.05, 0.1) is 6.61 Å². The number of hydrogen-bond acceptors (Lipinski definition) is 3. The lowest BCUT2D eigenvalue weighted by atomic mass is 10.1. The second-order valence-corrected chi connectivity index (χ2v) is 5.57. The van der Waals surface area contributed by atoms with E-state index < -0.39 is 0 Å². The van der Waals surface area contributed by atoms with Crippen molar-refractivity contribution >= 4 is 11.8 Å². The smallest absolute Gasteiger partial charge is 0.0560 e. The van der Waals surface area contributed by atoms with Crippen LogP contribution in [0.5, 0.6) is 0 Å². The van der Waals surface area contributed by atoms with Crippen LogP contribution in [0.1, 0.15) is 38.3 Å². The molecule has 1 rings (SSSR count). The maximum absolute atomic E-state index is 5.56. The Bertz CT molecular complexity index is 330. The third kappa shape index (κ3) is 5.89. The highest BCUT2D eigenvalue weighted by Gasteiger charge is 2.03. The number of benzene rings is 1. The van der Waals surface area contributed by atoms with E-state index in [1.54, 1.807) is 0 Å². The van der Waals surface area contributed by atoms with Crippen LogP contribution in [-0.4, -0.2) is 26.0 Å². The van der Waals surface area contributed by atoms with Crippen LogP contribution in [0.4, 0.5) is 0 Å². The maximum atomic E-state index is 5.56. The molecule has 0 saturated heterocycles. The fourth-order valence-electron chi connectivity index (χ4n) is 1.61. The van der Waals surface area contributed by atoms with Gasteiger partial charge in [0.15, 0.2) is 0 Å². The van der Waals surface area contributed by atoms with Gasteiger partial charge in [0.1, 0.15) is 0 Å². The van der Waals surface area contributed by atoms with Gasteiger partial charge in [-0.15, -0.1) is 11.8 Å². The van der Waals surface area contributed by atoms with E-state index in [0.717, 1.165) is 19.0 Å². The van der Waals surface area contributed by atoms with E-state index in [4.69, 9.17) is 4.74 Å². The Morgan fingerprint density at radius 3 is 2.89 bits per heavy atom. The fourth-order valence-corrected chi connectivity index (χ4v) is 2.44. The number of ether oxygens (including phenoxy) is 1. The summed E-state index contributed by atoms with van der Waals surface area (Å²) in [6, 6.07) is 9.14. The number of hydrogen-bond donors (Lipinski definition) is 1. The quantitative estimate of drug-likeness (QED) is 0.542. The molecule has 3 heteroatoms. The molecule has 18 heavy (non-hydrogen) atoms. The first-order valence-electron chi connectivity index (χ1n) is 6.75. The van der Waals surface area contributed by atoms with Gasteiger partial charge in [-0.25, -0.2) is 0 Å². The molecule has 0 heterocycles. The van der Waals surface area contributed by atoms with Crippen molar-refractivity contribution in [3.8, 4) is 0 Å². The molecular weight excluding hydrogens is 242 g/mol. The highest BCUT2D eigenvalue weighted by molar-refractivity contribution is 7.99. The number of unbranched alkanes of at least 4 members (excludes halogenated alkanes) is 1. The Kier molecular flexibility index (Phi) is 8.14. The van der Waals surface area contributed by atoms with Crippen molar-refractivity contribution < 1.29 is 4.74 Å². The van der Waals surface area contributed by atoms with Gasteiger partial charge >= 0.3 is 0 Å². The molecule has 2 nitrogen and oxygen atoms in total. The van der Waals surface area contributed by atoms with Crippen LogP contribution in [0, 0.1) is 0 Å². The second kappa shape index (κ2) is 9.42. The lowest BCUT2D eigenvalue weighted by Gasteiger charge is -2.11. The summed E-state index contributed by atoms with van der Waals surface area (Å²) < 4.78 is 5.56. The van der Waals surface area contributed by atoms with Gasteiger partial charge in [0.25, 0.3) is 0 Å². The van der Waals surface area contributed by atoms with Crippen LogP contribution in [0.3, 0.4) is 0 Å². The Labute approximate surface area is 116 Å². The third-order valence-electron chi connectivity index (χ3n) is 2.93. The Hall–Kier alpha value is -0.510. The van der Waals surface area contributed by atoms with Gasteiger partial charge in [-0.2, -0.15) is 0 Å². The van der Waals surface area contributed by atoms with Crippen LogP contribution in [0.25, 0.3) is 0 Å². The largest absolute Gasteiger partial charge is 0.381 e. The molecule has 0 aliphatic rings. The normalized spacial score (nSPS) is 12.6. The van der Waals surface area contributed by atoms with Crippen molar-refractivity contribution in [2.75, 3.05) is 26.0 Å². The SMILES string of the molecule is CCCCOCCSc1cccc(C(C)NC)c1. The third-order valence-corrected chi connectivity index (χ3v) is 3.89. The zero-order valence-electron chi connectivity index (χ0n) is 11.7. The van der Waals surface area contributed by atoms with Gasteiger partial charge in [-0.05, 0) is 38.1 Å². The van der Waals surface area contributed by atoms with Gasteiger partial charge in [-0.1, -0.05) is 25.5 Å². The fraction of sp³-hybridized carbons (Fsp3) is 0.600. The summed E-state index contributed by atoms with van der Waals surface area (Å²) in [6.07, 6.45) is 2.37. The lowest BCUT2D eigenvalue weighted by molar-refractivity contribution is 0.147. The van der Waals surface area contributed by atoms with E-state index in [-0.39, 0.29) is 0 Å². The minimum Gasteiger partial charge on any atom is -0.381 e. The minimum absolute atomic E-state index is 0.409. The Balaban J connectivity index is 2.29. The van der Waals surface area contributed by atoms with Crippen LogP contribution in [-0.2, 0) is 4.74 Å². The molecule has 0 fully saturated rings. The van der Waals surface area contributed by atoms with Crippen molar-refractivity contribution in [1.29, 1.82) is 0 Å². The lowest BCUT2D eigenvalue weighted by Crippen LogP contribution is -2.12. The summed E-state index contributed by atoms with van der Waals surface area (Å²) in [5.41, 5.74) is 1.34. The first kappa shape index (κ1) is 15.5. The van der Waals surface area contributed by atoms with Crippen molar-refractivity contribution in [3.63, 3.8) is 0 Å². The molecule has 0 spiro atoms. The van der Waals surface area contributed by atoms with Crippen LogP contribution >= 0.6 is 11.8 Å². The van der Waals surface area contributed by atoms with E-state index in [9.17, 15) is 0 Å². The summed E-state index contributed by atoms with van der Waals surface area (Å²) in [5.74, 6) is 1.03. The van der Waals surface area contributed by atoms with Crippen molar-refractivity contribution in [3.05, 3.63) is 29.8 Å². The van der Waals surface area contributed by atoms with Crippen molar-refractivity contribution in [2.24, 2.45) is 0 Å². The average molecular weight is 267 g/mol. The van der Waals surface area contributed by atoms with Crippen LogP contribution < -0.4 is 5.32 Å². The first-order valence-corrected chi connectivity index (χ1v) is 7.74. The van der Waals surface area contributed by atoms with E-state index in [0.29, 0.717) is 6.04 Å². The molecule has 1 aromatic carbocycles. The van der Waals surface area contributed by atoms with Crippen LogP contribution in [0.2, 0.25) is 0 Å². The zero-order valence-corrected chi connectivity index (χ0v) is 12.6. The molecule has 1 aromatic rings. The standard InChI is InChI=1S/C15H25NOS/c1-4-5-9-17-10-11-18-15-8-6-7-14(12-15)13(2)16-3/h6-8,12-13,16H,4-5,9-11H2,1-3H3. The molecular formula is C15H25NOS. The predicted molar refractivity (Wildman–Crippen MR) is 80.4 cm³/mol. The maximum Gasteiger partial charge on any atom is 0.0560 e. The summed E-state index contributed by atoms with van der Waals surface area (Å²) in [4.78, 5) is 1.33. The molecule has 0 saturated carbocycles. The molecule has 0 amide bonds. The molecule has 102 valence electrons. The van der Waals surface area contributed by atoms with E-state index in [2.05, 4.69) is 43.4 Å². The number of rotatable bonds is 9. The van der Waals surface area contributed by atoms with E-state index in [1.807, 2.05) is 18.8 Å². The van der Waals surface area contributed by atoms with Crippen LogP contribution in [0.15, 0.2) is 29.2 Å². The van der Waals surface area contributed by atoms with Crippen molar-refractivity contribution in [2.45, 2.75) is 37.6 Å². The zero-order chi connectivity index (χ0) is 13.2. The van der Waals surface area contributed by atoms with Gasteiger partial charge < -0.3 is 10.1 Å². The van der Waals surface area contributed by atoms with Gasteiger partial charge in [-0.3, -0.25) is 0 Å². The molecule has 1 N–H and O–H groups in total. The number of nitrogens with one attached hydrogen (secondary N) is 1.